The van der Waals surface area contributed by atoms with Gasteiger partial charge in [0.1, 0.15) is 6.54 Å². The molecule has 0 atom stereocenters. The number of carbonyl (C=O) groups excluding carboxylic acids is 2. The number of carbonyl (C=O) groups is 2. The maximum atomic E-state index is 12.3. The van der Waals surface area contributed by atoms with Gasteiger partial charge in [-0.25, -0.2) is 0 Å². The van der Waals surface area contributed by atoms with Crippen LogP contribution in [-0.2, 0) is 11.3 Å². The molecule has 0 fully saturated rings. The lowest BCUT2D eigenvalue weighted by molar-refractivity contribution is -0.116. The van der Waals surface area contributed by atoms with Crippen molar-refractivity contribution in [2.45, 2.75) is 6.54 Å². The summed E-state index contributed by atoms with van der Waals surface area (Å²) in [7, 11) is 0. The van der Waals surface area contributed by atoms with Gasteiger partial charge >= 0.3 is 0 Å². The highest BCUT2D eigenvalue weighted by Crippen LogP contribution is 2.21. The van der Waals surface area contributed by atoms with E-state index in [2.05, 4.69) is 15.5 Å². The smallest absolute Gasteiger partial charge is 0.257 e. The van der Waals surface area contributed by atoms with Crippen molar-refractivity contribution < 1.29 is 9.59 Å². The Morgan fingerprint density at radius 2 is 2.11 bits per heavy atom. The lowest BCUT2D eigenvalue weighted by atomic mass is 10.1. The minimum Gasteiger partial charge on any atom is -0.325 e. The minimum atomic E-state index is -0.208. The van der Waals surface area contributed by atoms with Crippen LogP contribution in [0.5, 0.6) is 0 Å². The van der Waals surface area contributed by atoms with Crippen LogP contribution in [-0.4, -0.2) is 33.5 Å². The highest BCUT2D eigenvalue weighted by molar-refractivity contribution is 6.00. The number of nitrogens with zero attached hydrogens (tertiary/aromatic N) is 2. The van der Waals surface area contributed by atoms with Crippen molar-refractivity contribution in [3.8, 4) is 0 Å². The van der Waals surface area contributed by atoms with Crippen molar-refractivity contribution in [1.29, 1.82) is 0 Å². The van der Waals surface area contributed by atoms with Gasteiger partial charge in [-0.3, -0.25) is 14.7 Å². The van der Waals surface area contributed by atoms with Crippen LogP contribution in [0.1, 0.15) is 15.9 Å². The van der Waals surface area contributed by atoms with E-state index in [1.54, 1.807) is 0 Å². The van der Waals surface area contributed by atoms with Crippen LogP contribution in [0.4, 0.5) is 5.69 Å². The van der Waals surface area contributed by atoms with Crippen LogP contribution in [0.3, 0.4) is 0 Å². The molecule has 96 valence electrons. The first-order valence-corrected chi connectivity index (χ1v) is 5.90. The van der Waals surface area contributed by atoms with Crippen molar-refractivity contribution in [2.75, 3.05) is 11.9 Å². The van der Waals surface area contributed by atoms with Gasteiger partial charge < -0.3 is 10.2 Å². The number of hydrogen-bond donors (Lipinski definition) is 2. The molecule has 1 aromatic heterocycles. The van der Waals surface area contributed by atoms with Gasteiger partial charge in [-0.2, -0.15) is 5.10 Å². The topological polar surface area (TPSA) is 78.1 Å². The summed E-state index contributed by atoms with van der Waals surface area (Å²) < 4.78 is 0. The molecular weight excluding hydrogens is 244 g/mol. The summed E-state index contributed by atoms with van der Waals surface area (Å²) in [4.78, 5) is 25.6. The number of amides is 2. The number of hydrogen-bond acceptors (Lipinski definition) is 3. The third kappa shape index (κ3) is 2.20. The molecule has 2 N–H and O–H groups in total. The predicted molar refractivity (Wildman–Crippen MR) is 68.4 cm³/mol. The minimum absolute atomic E-state index is 0.0404. The molecule has 0 radical (unpaired) electrons. The number of aromatic nitrogens is 2. The van der Waals surface area contributed by atoms with Crippen LogP contribution in [0.2, 0.25) is 0 Å². The summed E-state index contributed by atoms with van der Waals surface area (Å²) in [5, 5.41) is 9.15. The third-order valence-electron chi connectivity index (χ3n) is 3.02. The number of rotatable bonds is 1. The van der Waals surface area contributed by atoms with E-state index in [9.17, 15) is 9.59 Å². The quantitative estimate of drug-likeness (QED) is 0.799. The number of para-hydroxylation sites is 1. The molecule has 3 rings (SSSR count). The Labute approximate surface area is 109 Å². The Balaban J connectivity index is 1.92. The number of nitrogens with one attached hydrogen (secondary N) is 2. The van der Waals surface area contributed by atoms with Crippen molar-refractivity contribution in [1.82, 2.24) is 15.1 Å². The molecule has 1 aliphatic rings. The summed E-state index contributed by atoms with van der Waals surface area (Å²) >= 11 is 0. The lowest BCUT2D eigenvalue weighted by Gasteiger charge is -2.18. The van der Waals surface area contributed by atoms with E-state index >= 15 is 0 Å². The second-order valence-corrected chi connectivity index (χ2v) is 4.35. The maximum absolute atomic E-state index is 12.3. The van der Waals surface area contributed by atoms with E-state index in [1.165, 1.54) is 17.3 Å². The summed E-state index contributed by atoms with van der Waals surface area (Å²) in [5.41, 5.74) is 2.13. The van der Waals surface area contributed by atoms with Crippen molar-refractivity contribution in [2.24, 2.45) is 0 Å². The van der Waals surface area contributed by atoms with E-state index in [0.29, 0.717) is 12.1 Å². The van der Waals surface area contributed by atoms with E-state index in [1.807, 2.05) is 24.3 Å². The van der Waals surface area contributed by atoms with Gasteiger partial charge in [-0.05, 0) is 11.6 Å². The lowest BCUT2D eigenvalue weighted by Crippen LogP contribution is -2.35. The summed E-state index contributed by atoms with van der Waals surface area (Å²) in [6.07, 6.45) is 2.98. The number of benzene rings is 1. The first-order valence-electron chi connectivity index (χ1n) is 5.90. The van der Waals surface area contributed by atoms with Crippen molar-refractivity contribution in [3.63, 3.8) is 0 Å². The zero-order valence-electron chi connectivity index (χ0n) is 10.1. The third-order valence-corrected chi connectivity index (χ3v) is 3.02. The predicted octanol–water partition coefficient (Wildman–Crippen LogP) is 1.00. The molecule has 2 aromatic rings. The van der Waals surface area contributed by atoms with Crippen molar-refractivity contribution in [3.05, 3.63) is 47.8 Å². The fourth-order valence-electron chi connectivity index (χ4n) is 2.10. The Morgan fingerprint density at radius 3 is 2.89 bits per heavy atom. The molecule has 1 aromatic carbocycles. The zero-order chi connectivity index (χ0) is 13.2. The Morgan fingerprint density at radius 1 is 1.26 bits per heavy atom. The van der Waals surface area contributed by atoms with Crippen LogP contribution in [0, 0.1) is 0 Å². The Kier molecular flexibility index (Phi) is 2.75. The summed E-state index contributed by atoms with van der Waals surface area (Å²) in [6, 6.07) is 7.47. The van der Waals surface area contributed by atoms with Gasteiger partial charge in [0, 0.05) is 18.4 Å². The molecule has 2 amide bonds. The molecule has 2 heterocycles. The highest BCUT2D eigenvalue weighted by atomic mass is 16.2. The van der Waals surface area contributed by atoms with Crippen LogP contribution >= 0.6 is 0 Å². The Bertz CT molecular complexity index is 621. The molecule has 1 aliphatic heterocycles. The molecule has 19 heavy (non-hydrogen) atoms. The Hall–Kier alpha value is -2.63. The van der Waals surface area contributed by atoms with Gasteiger partial charge in [0.2, 0.25) is 5.91 Å². The van der Waals surface area contributed by atoms with Gasteiger partial charge in [0.25, 0.3) is 5.91 Å². The van der Waals surface area contributed by atoms with Crippen molar-refractivity contribution >= 4 is 17.5 Å². The molecule has 0 aliphatic carbocycles. The average Bonchev–Trinajstić information content (AvgIpc) is 2.87. The van der Waals surface area contributed by atoms with Gasteiger partial charge in [-0.1, -0.05) is 18.2 Å². The number of fused-ring (bicyclic) bond motifs is 1. The second-order valence-electron chi connectivity index (χ2n) is 4.35. The molecule has 0 unspecified atom stereocenters. The second kappa shape index (κ2) is 4.56. The van der Waals surface area contributed by atoms with Gasteiger partial charge in [0.15, 0.2) is 0 Å². The maximum Gasteiger partial charge on any atom is 0.257 e. The summed E-state index contributed by atoms with van der Waals surface area (Å²) in [6.45, 7) is 0.442. The molecule has 0 saturated carbocycles. The number of H-pyrrole nitrogens is 1. The molecule has 6 nitrogen and oxygen atoms in total. The fraction of sp³-hybridized carbons (Fsp3) is 0.154. The van der Waals surface area contributed by atoms with Gasteiger partial charge in [-0.15, -0.1) is 0 Å². The van der Waals surface area contributed by atoms with Crippen LogP contribution in [0.25, 0.3) is 0 Å². The standard InChI is InChI=1S/C13H12N4O2/c18-12-8-17(13(19)10-5-14-15-6-10)7-9-3-1-2-4-11(9)16-12/h1-6H,7-8H2,(H,14,15)(H,16,18). The first kappa shape index (κ1) is 11.5. The van der Waals surface area contributed by atoms with E-state index in [-0.39, 0.29) is 18.4 Å². The monoisotopic (exact) mass is 256 g/mol. The van der Waals surface area contributed by atoms with E-state index in [4.69, 9.17) is 0 Å². The average molecular weight is 256 g/mol. The molecule has 0 bridgehead atoms. The largest absolute Gasteiger partial charge is 0.325 e. The zero-order valence-corrected chi connectivity index (χ0v) is 10.1. The molecule has 0 saturated heterocycles. The van der Waals surface area contributed by atoms with E-state index in [0.717, 1.165) is 11.3 Å². The van der Waals surface area contributed by atoms with E-state index < -0.39 is 0 Å². The fourth-order valence-corrected chi connectivity index (χ4v) is 2.10. The molecule has 0 spiro atoms. The SMILES string of the molecule is O=C1CN(C(=O)c2cn[nH]c2)Cc2ccccc2N1. The number of aromatic amines is 1. The molecule has 6 heteroatoms. The van der Waals surface area contributed by atoms with Crippen LogP contribution < -0.4 is 5.32 Å². The normalized spacial score (nSPS) is 14.5. The van der Waals surface area contributed by atoms with Gasteiger partial charge in [0.05, 0.1) is 11.8 Å². The van der Waals surface area contributed by atoms with Crippen LogP contribution in [0.15, 0.2) is 36.7 Å². The number of anilines is 1. The highest BCUT2D eigenvalue weighted by Gasteiger charge is 2.24. The first-order chi connectivity index (χ1) is 9.24. The molecular formula is C13H12N4O2. The summed E-state index contributed by atoms with van der Waals surface area (Å²) in [5.74, 6) is -0.401.